The van der Waals surface area contributed by atoms with Crippen LogP contribution < -0.4 is 5.56 Å². The molecule has 0 saturated heterocycles. The summed E-state index contributed by atoms with van der Waals surface area (Å²) in [4.78, 5) is 30.9. The lowest BCUT2D eigenvalue weighted by Crippen LogP contribution is -2.25. The Morgan fingerprint density at radius 3 is 2.73 bits per heavy atom. The molecule has 0 aliphatic rings. The highest BCUT2D eigenvalue weighted by Gasteiger charge is 2.18. The number of esters is 1. The van der Waals surface area contributed by atoms with Gasteiger partial charge in [0, 0.05) is 15.5 Å². The molecule has 0 fully saturated rings. The number of halogens is 1. The highest BCUT2D eigenvalue weighted by atomic mass is 35.5. The van der Waals surface area contributed by atoms with Crippen LogP contribution in [0.3, 0.4) is 0 Å². The maximum atomic E-state index is 13.0. The second kappa shape index (κ2) is 8.01. The van der Waals surface area contributed by atoms with Crippen molar-refractivity contribution in [2.45, 2.75) is 33.2 Å². The molecule has 26 heavy (non-hydrogen) atoms. The Kier molecular flexibility index (Phi) is 5.74. The van der Waals surface area contributed by atoms with Gasteiger partial charge in [-0.1, -0.05) is 37.1 Å². The van der Waals surface area contributed by atoms with E-state index in [1.165, 1.54) is 22.2 Å². The van der Waals surface area contributed by atoms with E-state index in [4.69, 9.17) is 16.3 Å². The third-order valence-corrected chi connectivity index (χ3v) is 5.31. The van der Waals surface area contributed by atoms with Crippen LogP contribution in [0.1, 0.15) is 24.6 Å². The van der Waals surface area contributed by atoms with Crippen molar-refractivity contribution in [1.29, 1.82) is 0 Å². The fourth-order valence-electron chi connectivity index (χ4n) is 2.73. The molecule has 3 aromatic rings. The van der Waals surface area contributed by atoms with Crippen molar-refractivity contribution in [2.75, 3.05) is 6.61 Å². The monoisotopic (exact) mass is 390 g/mol. The zero-order valence-corrected chi connectivity index (χ0v) is 16.2. The Morgan fingerprint density at radius 2 is 2.04 bits per heavy atom. The summed E-state index contributed by atoms with van der Waals surface area (Å²) in [5, 5.41) is 1.16. The molecule has 2 aromatic heterocycles. The minimum Gasteiger partial charge on any atom is -0.464 e. The second-order valence-corrected chi connectivity index (χ2v) is 7.61. The lowest BCUT2D eigenvalue weighted by Gasteiger charge is -2.07. The number of carbonyl (C=O) groups excluding carboxylic acids is 1. The van der Waals surface area contributed by atoms with E-state index >= 15 is 0 Å². The van der Waals surface area contributed by atoms with Gasteiger partial charge in [-0.05, 0) is 31.0 Å². The molecule has 5 nitrogen and oxygen atoms in total. The molecule has 0 unspecified atom stereocenters. The number of thiophene rings is 1. The zero-order valence-electron chi connectivity index (χ0n) is 14.6. The second-order valence-electron chi connectivity index (χ2n) is 5.97. The van der Waals surface area contributed by atoms with Crippen molar-refractivity contribution in [1.82, 2.24) is 9.55 Å². The Bertz CT molecular complexity index is 992. The minimum atomic E-state index is -0.429. The lowest BCUT2D eigenvalue weighted by atomic mass is 10.0. The van der Waals surface area contributed by atoms with Crippen molar-refractivity contribution in [2.24, 2.45) is 0 Å². The van der Waals surface area contributed by atoms with Gasteiger partial charge in [0.15, 0.2) is 0 Å². The summed E-state index contributed by atoms with van der Waals surface area (Å²) in [5.74, 6) is -0.429. The lowest BCUT2D eigenvalue weighted by molar-refractivity contribution is -0.144. The number of nitrogens with zero attached hydrogens (tertiary/aromatic N) is 2. The summed E-state index contributed by atoms with van der Waals surface area (Å²) in [5.41, 5.74) is 1.50. The Labute approximate surface area is 160 Å². The predicted molar refractivity (Wildman–Crippen MR) is 105 cm³/mol. The number of aryl methyl sites for hydroxylation is 1. The largest absolute Gasteiger partial charge is 0.464 e. The average molecular weight is 391 g/mol. The van der Waals surface area contributed by atoms with E-state index in [1.54, 1.807) is 12.1 Å². The van der Waals surface area contributed by atoms with Crippen LogP contribution in [0.5, 0.6) is 0 Å². The molecule has 1 aromatic carbocycles. The number of hydrogen-bond acceptors (Lipinski definition) is 5. The van der Waals surface area contributed by atoms with Gasteiger partial charge in [-0.2, -0.15) is 0 Å². The maximum absolute atomic E-state index is 13.0. The summed E-state index contributed by atoms with van der Waals surface area (Å²) in [7, 11) is 0. The molecule has 0 spiro atoms. The van der Waals surface area contributed by atoms with E-state index in [0.717, 1.165) is 28.8 Å². The van der Waals surface area contributed by atoms with Crippen LogP contribution in [-0.2, 0) is 16.1 Å². The molecule has 2 heterocycles. The van der Waals surface area contributed by atoms with Gasteiger partial charge in [0.1, 0.15) is 11.4 Å². The topological polar surface area (TPSA) is 61.2 Å². The summed E-state index contributed by atoms with van der Waals surface area (Å²) in [6.45, 7) is 4.21. The van der Waals surface area contributed by atoms with E-state index in [-0.39, 0.29) is 12.1 Å². The van der Waals surface area contributed by atoms with Gasteiger partial charge in [-0.25, -0.2) is 4.98 Å². The molecule has 0 N–H and O–H groups in total. The Morgan fingerprint density at radius 1 is 1.31 bits per heavy atom. The SMILES string of the molecule is CCCCOC(=O)Cn1cnc2sc(C)c(-c3ccc(Cl)cc3)c2c1=O. The molecule has 0 saturated carbocycles. The van der Waals surface area contributed by atoms with Gasteiger partial charge >= 0.3 is 5.97 Å². The summed E-state index contributed by atoms with van der Waals surface area (Å²) < 4.78 is 6.46. The van der Waals surface area contributed by atoms with Crippen LogP contribution in [0.4, 0.5) is 0 Å². The van der Waals surface area contributed by atoms with Gasteiger partial charge in [0.05, 0.1) is 18.3 Å². The fraction of sp³-hybridized carbons (Fsp3) is 0.316. The number of ether oxygens (including phenoxy) is 1. The van der Waals surface area contributed by atoms with Gasteiger partial charge in [-0.3, -0.25) is 14.2 Å². The van der Waals surface area contributed by atoms with Crippen molar-refractivity contribution in [3.63, 3.8) is 0 Å². The van der Waals surface area contributed by atoms with Gasteiger partial charge in [-0.15, -0.1) is 11.3 Å². The molecule has 0 bridgehead atoms. The quantitative estimate of drug-likeness (QED) is 0.461. The number of fused-ring (bicyclic) bond motifs is 1. The van der Waals surface area contributed by atoms with Crippen molar-refractivity contribution in [3.8, 4) is 11.1 Å². The van der Waals surface area contributed by atoms with Crippen LogP contribution in [0.25, 0.3) is 21.3 Å². The third-order valence-electron chi connectivity index (χ3n) is 4.05. The predicted octanol–water partition coefficient (Wildman–Crippen LogP) is 4.43. The first-order valence-corrected chi connectivity index (χ1v) is 9.60. The average Bonchev–Trinajstić information content (AvgIpc) is 2.95. The molecule has 0 aliphatic carbocycles. The highest BCUT2D eigenvalue weighted by Crippen LogP contribution is 2.35. The molecule has 136 valence electrons. The number of benzene rings is 1. The van der Waals surface area contributed by atoms with Crippen molar-refractivity contribution in [3.05, 3.63) is 50.8 Å². The molecular formula is C19H19ClN2O3S. The minimum absolute atomic E-state index is 0.138. The van der Waals surface area contributed by atoms with Crippen LogP contribution in [0.15, 0.2) is 35.4 Å². The molecule has 0 aliphatic heterocycles. The standard InChI is InChI=1S/C19H19ClN2O3S/c1-3-4-9-25-15(23)10-22-11-21-18-17(19(22)24)16(12(2)26-18)13-5-7-14(20)8-6-13/h5-8,11H,3-4,9-10H2,1-2H3. The number of unbranched alkanes of at least 4 members (excludes halogenated alkanes) is 1. The number of aromatic nitrogens is 2. The van der Waals surface area contributed by atoms with Crippen LogP contribution >= 0.6 is 22.9 Å². The van der Waals surface area contributed by atoms with E-state index in [0.29, 0.717) is 21.8 Å². The molecule has 0 amide bonds. The maximum Gasteiger partial charge on any atom is 0.326 e. The molecule has 0 radical (unpaired) electrons. The molecular weight excluding hydrogens is 372 g/mol. The van der Waals surface area contributed by atoms with E-state index in [1.807, 2.05) is 26.0 Å². The Hall–Kier alpha value is -2.18. The van der Waals surface area contributed by atoms with Crippen LogP contribution in [0, 0.1) is 6.92 Å². The smallest absolute Gasteiger partial charge is 0.326 e. The first-order valence-electron chi connectivity index (χ1n) is 8.41. The first kappa shape index (κ1) is 18.6. The number of carbonyl (C=O) groups is 1. The number of hydrogen-bond donors (Lipinski definition) is 0. The van der Waals surface area contributed by atoms with Crippen molar-refractivity contribution < 1.29 is 9.53 Å². The first-order chi connectivity index (χ1) is 12.5. The molecule has 0 atom stereocenters. The Balaban J connectivity index is 2.00. The number of rotatable bonds is 6. The van der Waals surface area contributed by atoms with E-state index in [2.05, 4.69) is 4.98 Å². The van der Waals surface area contributed by atoms with Crippen LogP contribution in [-0.4, -0.2) is 22.1 Å². The van der Waals surface area contributed by atoms with Crippen LogP contribution in [0.2, 0.25) is 5.02 Å². The summed E-state index contributed by atoms with van der Waals surface area (Å²) in [6, 6.07) is 7.35. The van der Waals surface area contributed by atoms with Crippen molar-refractivity contribution >= 4 is 39.1 Å². The van der Waals surface area contributed by atoms with E-state index < -0.39 is 5.97 Å². The summed E-state index contributed by atoms with van der Waals surface area (Å²) >= 11 is 7.43. The highest BCUT2D eigenvalue weighted by molar-refractivity contribution is 7.19. The van der Waals surface area contributed by atoms with Gasteiger partial charge in [0.25, 0.3) is 5.56 Å². The van der Waals surface area contributed by atoms with Gasteiger partial charge < -0.3 is 4.74 Å². The summed E-state index contributed by atoms with van der Waals surface area (Å²) in [6.07, 6.45) is 3.16. The van der Waals surface area contributed by atoms with Gasteiger partial charge in [0.2, 0.25) is 0 Å². The zero-order chi connectivity index (χ0) is 18.7. The molecule has 3 rings (SSSR count). The fourth-order valence-corrected chi connectivity index (χ4v) is 3.86. The third kappa shape index (κ3) is 3.81. The normalized spacial score (nSPS) is 11.0. The molecule has 7 heteroatoms. The van der Waals surface area contributed by atoms with E-state index in [9.17, 15) is 9.59 Å².